The second-order valence-electron chi connectivity index (χ2n) is 8.77. The average molecular weight is 448 g/mol. The van der Waals surface area contributed by atoms with E-state index >= 15 is 0 Å². The summed E-state index contributed by atoms with van der Waals surface area (Å²) in [4.78, 5) is 23.6. The normalized spacial score (nSPS) is 25.7. The van der Waals surface area contributed by atoms with Crippen molar-refractivity contribution in [3.05, 3.63) is 47.2 Å². The second kappa shape index (κ2) is 9.23. The smallest absolute Gasteiger partial charge is 0.404 e. The summed E-state index contributed by atoms with van der Waals surface area (Å²) in [5.41, 5.74) is 6.34. The minimum Gasteiger partial charge on any atom is -0.446 e. The Kier molecular flexibility index (Phi) is 6.40. The molecule has 10 heteroatoms. The number of ether oxygens (including phenoxy) is 1. The van der Waals surface area contributed by atoms with Crippen molar-refractivity contribution in [2.45, 2.75) is 56.7 Å². The number of anilines is 1. The zero-order valence-electron chi connectivity index (χ0n) is 17.4. The van der Waals surface area contributed by atoms with Gasteiger partial charge in [-0.05, 0) is 55.7 Å². The van der Waals surface area contributed by atoms with Gasteiger partial charge in [0.2, 0.25) is 5.91 Å². The van der Waals surface area contributed by atoms with Gasteiger partial charge in [0.05, 0.1) is 12.5 Å². The number of benzene rings is 1. The van der Waals surface area contributed by atoms with Crippen LogP contribution in [-0.2, 0) is 16.0 Å². The number of aromatic amines is 1. The molecule has 0 bridgehead atoms. The number of nitrogens with two attached hydrogens (primary N) is 1. The molecular formula is C22H26F2N4O4. The lowest BCUT2D eigenvalue weighted by Gasteiger charge is -2.39. The van der Waals surface area contributed by atoms with Crippen LogP contribution in [-0.4, -0.2) is 39.5 Å². The SMILES string of the molecule is NC(=O)OC(C1CC(O)C1)[C@H]1CC[C@@H](c2cc(NC(=O)Cc3cc(F)cc(F)c3)n[nH]2)C1. The van der Waals surface area contributed by atoms with Crippen LogP contribution in [0.15, 0.2) is 24.3 Å². The first-order valence-corrected chi connectivity index (χ1v) is 10.7. The van der Waals surface area contributed by atoms with Crippen LogP contribution in [0.1, 0.15) is 49.3 Å². The van der Waals surface area contributed by atoms with Crippen molar-refractivity contribution in [1.82, 2.24) is 10.2 Å². The molecule has 0 saturated heterocycles. The van der Waals surface area contributed by atoms with Gasteiger partial charge in [-0.1, -0.05) is 0 Å². The lowest BCUT2D eigenvalue weighted by molar-refractivity contribution is -0.115. The van der Waals surface area contributed by atoms with E-state index in [1.165, 1.54) is 0 Å². The second-order valence-corrected chi connectivity index (χ2v) is 8.77. The van der Waals surface area contributed by atoms with Crippen molar-refractivity contribution in [2.75, 3.05) is 5.32 Å². The maximum absolute atomic E-state index is 13.3. The van der Waals surface area contributed by atoms with Crippen molar-refractivity contribution in [2.24, 2.45) is 17.6 Å². The molecule has 0 radical (unpaired) electrons. The van der Waals surface area contributed by atoms with Gasteiger partial charge in [0.1, 0.15) is 17.7 Å². The monoisotopic (exact) mass is 448 g/mol. The number of halogens is 2. The fourth-order valence-electron chi connectivity index (χ4n) is 4.90. The number of aromatic nitrogens is 2. The van der Waals surface area contributed by atoms with E-state index < -0.39 is 23.6 Å². The first kappa shape index (κ1) is 22.2. The summed E-state index contributed by atoms with van der Waals surface area (Å²) < 4.78 is 32.0. The zero-order chi connectivity index (χ0) is 22.8. The average Bonchev–Trinajstić information content (AvgIpc) is 3.32. The topological polar surface area (TPSA) is 130 Å². The number of hydrogen-bond acceptors (Lipinski definition) is 5. The molecule has 32 heavy (non-hydrogen) atoms. The van der Waals surface area contributed by atoms with Crippen molar-refractivity contribution >= 4 is 17.8 Å². The van der Waals surface area contributed by atoms with Gasteiger partial charge in [-0.15, -0.1) is 0 Å². The number of rotatable bonds is 7. The molecule has 4 rings (SSSR count). The number of aliphatic hydroxyl groups is 1. The molecule has 3 atom stereocenters. The molecule has 172 valence electrons. The molecule has 0 spiro atoms. The summed E-state index contributed by atoms with van der Waals surface area (Å²) in [5, 5.41) is 19.3. The number of primary amides is 1. The largest absolute Gasteiger partial charge is 0.446 e. The Morgan fingerprint density at radius 1 is 1.16 bits per heavy atom. The number of nitrogens with one attached hydrogen (secondary N) is 2. The minimum atomic E-state index is -0.801. The molecular weight excluding hydrogens is 422 g/mol. The van der Waals surface area contributed by atoms with Crippen LogP contribution in [0.4, 0.5) is 19.4 Å². The predicted octanol–water partition coefficient (Wildman–Crippen LogP) is 2.99. The van der Waals surface area contributed by atoms with Crippen LogP contribution in [0.2, 0.25) is 0 Å². The van der Waals surface area contributed by atoms with Crippen LogP contribution in [0.25, 0.3) is 0 Å². The Labute approximate surface area is 183 Å². The fourth-order valence-corrected chi connectivity index (χ4v) is 4.90. The van der Waals surface area contributed by atoms with Gasteiger partial charge in [0.15, 0.2) is 5.82 Å². The highest BCUT2D eigenvalue weighted by Crippen LogP contribution is 2.45. The first-order chi connectivity index (χ1) is 15.3. The van der Waals surface area contributed by atoms with E-state index in [2.05, 4.69) is 15.5 Å². The van der Waals surface area contributed by atoms with Gasteiger partial charge in [0.25, 0.3) is 0 Å². The molecule has 2 saturated carbocycles. The van der Waals surface area contributed by atoms with Gasteiger partial charge < -0.3 is 20.9 Å². The fraction of sp³-hybridized carbons (Fsp3) is 0.500. The van der Waals surface area contributed by atoms with Gasteiger partial charge in [-0.2, -0.15) is 5.10 Å². The van der Waals surface area contributed by atoms with E-state index in [4.69, 9.17) is 10.5 Å². The van der Waals surface area contributed by atoms with E-state index in [0.717, 1.165) is 43.2 Å². The zero-order valence-corrected chi connectivity index (χ0v) is 17.4. The number of nitrogens with zero attached hydrogens (tertiary/aromatic N) is 1. The van der Waals surface area contributed by atoms with E-state index in [1.807, 2.05) is 0 Å². The molecule has 2 fully saturated rings. The van der Waals surface area contributed by atoms with Crippen LogP contribution >= 0.6 is 0 Å². The molecule has 1 heterocycles. The molecule has 2 aliphatic rings. The van der Waals surface area contributed by atoms with Crippen molar-refractivity contribution in [3.63, 3.8) is 0 Å². The molecule has 1 aromatic heterocycles. The molecule has 8 nitrogen and oxygen atoms in total. The van der Waals surface area contributed by atoms with Crippen molar-refractivity contribution in [1.29, 1.82) is 0 Å². The third-order valence-electron chi connectivity index (χ3n) is 6.40. The Balaban J connectivity index is 1.34. The molecule has 1 aromatic carbocycles. The molecule has 0 aliphatic heterocycles. The number of carbonyl (C=O) groups is 2. The molecule has 1 unspecified atom stereocenters. The third-order valence-corrected chi connectivity index (χ3v) is 6.40. The summed E-state index contributed by atoms with van der Waals surface area (Å²) >= 11 is 0. The third kappa shape index (κ3) is 5.24. The van der Waals surface area contributed by atoms with E-state index in [1.54, 1.807) is 6.07 Å². The highest BCUT2D eigenvalue weighted by molar-refractivity contribution is 5.91. The Bertz CT molecular complexity index is 972. The van der Waals surface area contributed by atoms with E-state index in [-0.39, 0.29) is 41.9 Å². The molecule has 2 amide bonds. The van der Waals surface area contributed by atoms with Crippen molar-refractivity contribution < 1.29 is 28.2 Å². The van der Waals surface area contributed by atoms with Crippen LogP contribution in [0.3, 0.4) is 0 Å². The maximum atomic E-state index is 13.3. The summed E-state index contributed by atoms with van der Waals surface area (Å²) in [6.07, 6.45) is 2.05. The number of hydrogen-bond donors (Lipinski definition) is 4. The van der Waals surface area contributed by atoms with Crippen LogP contribution in [0.5, 0.6) is 0 Å². The van der Waals surface area contributed by atoms with E-state index in [9.17, 15) is 23.5 Å². The summed E-state index contributed by atoms with van der Waals surface area (Å²) in [5.74, 6) is -1.17. The Morgan fingerprint density at radius 3 is 2.53 bits per heavy atom. The summed E-state index contributed by atoms with van der Waals surface area (Å²) in [7, 11) is 0. The van der Waals surface area contributed by atoms with Gasteiger partial charge in [-0.25, -0.2) is 13.6 Å². The van der Waals surface area contributed by atoms with Gasteiger partial charge in [-0.3, -0.25) is 9.89 Å². The highest BCUT2D eigenvalue weighted by Gasteiger charge is 2.43. The molecule has 2 aromatic rings. The van der Waals surface area contributed by atoms with Crippen LogP contribution in [0, 0.1) is 23.5 Å². The molecule has 5 N–H and O–H groups in total. The summed E-state index contributed by atoms with van der Waals surface area (Å²) in [6, 6.07) is 4.72. The quantitative estimate of drug-likeness (QED) is 0.517. The highest BCUT2D eigenvalue weighted by atomic mass is 19.1. The standard InChI is InChI=1S/C22H26F2N4O4/c23-15-3-11(4-16(24)9-15)5-20(30)26-19-10-18(27-28-19)12-1-2-13(6-12)21(32-22(25)31)14-7-17(29)8-14/h3-4,9-10,12-14,17,21,29H,1-2,5-8H2,(H2,25,31)(H2,26,27,28,30)/t12-,13+,14?,17?,21?/m1/s1. The van der Waals surface area contributed by atoms with Crippen molar-refractivity contribution in [3.8, 4) is 0 Å². The van der Waals surface area contributed by atoms with Gasteiger partial charge >= 0.3 is 6.09 Å². The lowest BCUT2D eigenvalue weighted by Crippen LogP contribution is -2.43. The number of H-pyrrole nitrogens is 1. The lowest BCUT2D eigenvalue weighted by atomic mass is 9.74. The number of amides is 2. The maximum Gasteiger partial charge on any atom is 0.404 e. The first-order valence-electron chi connectivity index (χ1n) is 10.7. The van der Waals surface area contributed by atoms with E-state index in [0.29, 0.717) is 18.7 Å². The summed E-state index contributed by atoms with van der Waals surface area (Å²) in [6.45, 7) is 0. The Hall–Kier alpha value is -3.01. The number of carbonyl (C=O) groups excluding carboxylic acids is 2. The van der Waals surface area contributed by atoms with Gasteiger partial charge in [0, 0.05) is 29.7 Å². The van der Waals surface area contributed by atoms with Crippen LogP contribution < -0.4 is 11.1 Å². The predicted molar refractivity (Wildman–Crippen MR) is 111 cm³/mol. The molecule has 2 aliphatic carbocycles. The number of aliphatic hydroxyl groups excluding tert-OH is 1. The minimum absolute atomic E-state index is 0.116. The Morgan fingerprint density at radius 2 is 1.88 bits per heavy atom.